The van der Waals surface area contributed by atoms with Crippen LogP contribution in [0, 0.1) is 11.8 Å². The van der Waals surface area contributed by atoms with Gasteiger partial charge >= 0.3 is 0 Å². The molecule has 106 valence electrons. The molecular weight excluding hydrogens is 240 g/mol. The third-order valence-electron chi connectivity index (χ3n) is 3.68. The minimum absolute atomic E-state index is 0.0643. The first-order chi connectivity index (χ1) is 8.49. The van der Waals surface area contributed by atoms with Crippen molar-refractivity contribution in [1.82, 2.24) is 5.32 Å². The first-order valence-electron chi connectivity index (χ1n) is 6.64. The molecule has 0 aromatic carbocycles. The van der Waals surface area contributed by atoms with Crippen molar-refractivity contribution in [3.8, 4) is 0 Å². The Morgan fingerprint density at radius 1 is 1.33 bits per heavy atom. The van der Waals surface area contributed by atoms with Gasteiger partial charge in [0.1, 0.15) is 6.61 Å². The standard InChI is InChI=1S/C13H23F2NO2/c1-9-3-4-11(7-10(9)2)16-13(17)5-6-18-8-12(14)15/h9-12H,3-8H2,1-2H3,(H,16,17)/t9-,10+,11-/m1/s1. The zero-order valence-electron chi connectivity index (χ0n) is 11.1. The maximum absolute atomic E-state index is 11.8. The maximum Gasteiger partial charge on any atom is 0.261 e. The first-order valence-corrected chi connectivity index (χ1v) is 6.64. The Morgan fingerprint density at radius 3 is 2.67 bits per heavy atom. The molecular formula is C13H23F2NO2. The molecule has 0 spiro atoms. The number of hydrogen-bond acceptors (Lipinski definition) is 2. The van der Waals surface area contributed by atoms with Crippen LogP contribution in [0.4, 0.5) is 8.78 Å². The number of ether oxygens (including phenoxy) is 1. The minimum atomic E-state index is -2.46. The molecule has 5 heteroatoms. The average molecular weight is 263 g/mol. The van der Waals surface area contributed by atoms with E-state index in [1.165, 1.54) is 0 Å². The number of carbonyl (C=O) groups excluding carboxylic acids is 1. The number of rotatable bonds is 6. The van der Waals surface area contributed by atoms with Gasteiger partial charge in [-0.25, -0.2) is 8.78 Å². The molecule has 3 nitrogen and oxygen atoms in total. The Balaban J connectivity index is 2.12. The van der Waals surface area contributed by atoms with E-state index >= 15 is 0 Å². The summed E-state index contributed by atoms with van der Waals surface area (Å²) in [5.74, 6) is 1.24. The van der Waals surface area contributed by atoms with Gasteiger partial charge in [0.05, 0.1) is 6.61 Å². The molecule has 18 heavy (non-hydrogen) atoms. The van der Waals surface area contributed by atoms with Crippen LogP contribution in [0.2, 0.25) is 0 Å². The fourth-order valence-corrected chi connectivity index (χ4v) is 2.32. The molecule has 0 aliphatic heterocycles. The average Bonchev–Trinajstić information content (AvgIpc) is 2.29. The van der Waals surface area contributed by atoms with Crippen LogP contribution in [0.1, 0.15) is 39.5 Å². The van der Waals surface area contributed by atoms with E-state index in [0.717, 1.165) is 19.3 Å². The number of alkyl halides is 2. The van der Waals surface area contributed by atoms with Gasteiger partial charge in [0.15, 0.2) is 0 Å². The lowest BCUT2D eigenvalue weighted by atomic mass is 9.79. The second kappa shape index (κ2) is 7.67. The van der Waals surface area contributed by atoms with E-state index in [0.29, 0.717) is 11.8 Å². The molecule has 0 heterocycles. The molecule has 0 radical (unpaired) electrons. The van der Waals surface area contributed by atoms with E-state index in [2.05, 4.69) is 23.9 Å². The highest BCUT2D eigenvalue weighted by molar-refractivity contribution is 5.76. The summed E-state index contributed by atoms with van der Waals surface area (Å²) in [6.07, 6.45) is 0.843. The van der Waals surface area contributed by atoms with Crippen molar-refractivity contribution < 1.29 is 18.3 Å². The molecule has 0 saturated heterocycles. The monoisotopic (exact) mass is 263 g/mol. The first kappa shape index (κ1) is 15.3. The van der Waals surface area contributed by atoms with Crippen LogP contribution >= 0.6 is 0 Å². The van der Waals surface area contributed by atoms with E-state index in [1.807, 2.05) is 0 Å². The molecule has 0 unspecified atom stereocenters. The summed E-state index contributed by atoms with van der Waals surface area (Å²) in [5, 5.41) is 2.95. The van der Waals surface area contributed by atoms with Gasteiger partial charge < -0.3 is 10.1 Å². The van der Waals surface area contributed by atoms with Gasteiger partial charge in [-0.2, -0.15) is 0 Å². The zero-order valence-corrected chi connectivity index (χ0v) is 11.1. The number of carbonyl (C=O) groups is 1. The molecule has 1 amide bonds. The SMILES string of the molecule is C[C@@H]1CC[C@@H](NC(=O)CCOCC(F)F)C[C@@H]1C. The Morgan fingerprint density at radius 2 is 2.06 bits per heavy atom. The highest BCUT2D eigenvalue weighted by atomic mass is 19.3. The lowest BCUT2D eigenvalue weighted by Crippen LogP contribution is -2.40. The molecule has 1 aliphatic carbocycles. The van der Waals surface area contributed by atoms with Crippen LogP contribution in [-0.4, -0.2) is 31.6 Å². The van der Waals surface area contributed by atoms with Crippen molar-refractivity contribution in [1.29, 1.82) is 0 Å². The van der Waals surface area contributed by atoms with E-state index in [-0.39, 0.29) is 25.0 Å². The van der Waals surface area contributed by atoms with Crippen LogP contribution in [-0.2, 0) is 9.53 Å². The van der Waals surface area contributed by atoms with Crippen molar-refractivity contribution in [2.75, 3.05) is 13.2 Å². The topological polar surface area (TPSA) is 38.3 Å². The van der Waals surface area contributed by atoms with Gasteiger partial charge in [-0.05, 0) is 31.1 Å². The molecule has 3 atom stereocenters. The molecule has 0 bridgehead atoms. The Kier molecular flexibility index (Phi) is 6.54. The van der Waals surface area contributed by atoms with Gasteiger partial charge in [0.2, 0.25) is 5.91 Å². The van der Waals surface area contributed by atoms with Gasteiger partial charge in [-0.1, -0.05) is 13.8 Å². The van der Waals surface area contributed by atoms with Crippen LogP contribution in [0.15, 0.2) is 0 Å². The third-order valence-corrected chi connectivity index (χ3v) is 3.68. The third kappa shape index (κ3) is 5.76. The molecule has 1 aliphatic rings. The Bertz CT molecular complexity index is 261. The summed E-state index contributed by atoms with van der Waals surface area (Å²) in [4.78, 5) is 11.6. The fourth-order valence-electron chi connectivity index (χ4n) is 2.32. The summed E-state index contributed by atoms with van der Waals surface area (Å²) in [6.45, 7) is 3.91. The molecule has 1 fully saturated rings. The van der Waals surface area contributed by atoms with Crippen LogP contribution in [0.5, 0.6) is 0 Å². The van der Waals surface area contributed by atoms with E-state index in [9.17, 15) is 13.6 Å². The lowest BCUT2D eigenvalue weighted by Gasteiger charge is -2.32. The number of amides is 1. The van der Waals surface area contributed by atoms with Crippen molar-refractivity contribution in [2.24, 2.45) is 11.8 Å². The highest BCUT2D eigenvalue weighted by Crippen LogP contribution is 2.29. The lowest BCUT2D eigenvalue weighted by molar-refractivity contribution is -0.123. The zero-order chi connectivity index (χ0) is 13.5. The summed E-state index contributed by atoms with van der Waals surface area (Å²) in [6, 6.07) is 0.235. The van der Waals surface area contributed by atoms with E-state index in [4.69, 9.17) is 0 Å². The van der Waals surface area contributed by atoms with Crippen molar-refractivity contribution in [3.05, 3.63) is 0 Å². The molecule has 1 N–H and O–H groups in total. The second-order valence-corrected chi connectivity index (χ2v) is 5.25. The Hall–Kier alpha value is -0.710. The Labute approximate surface area is 107 Å². The molecule has 0 aromatic heterocycles. The van der Waals surface area contributed by atoms with Crippen molar-refractivity contribution in [3.63, 3.8) is 0 Å². The normalized spacial score (nSPS) is 28.4. The number of nitrogens with one attached hydrogen (secondary N) is 1. The summed E-state index contributed by atoms with van der Waals surface area (Å²) >= 11 is 0. The van der Waals surface area contributed by atoms with Gasteiger partial charge in [-0.3, -0.25) is 4.79 Å². The van der Waals surface area contributed by atoms with Crippen LogP contribution in [0.25, 0.3) is 0 Å². The van der Waals surface area contributed by atoms with Gasteiger partial charge in [0.25, 0.3) is 6.43 Å². The quantitative estimate of drug-likeness (QED) is 0.748. The van der Waals surface area contributed by atoms with Crippen molar-refractivity contribution in [2.45, 2.75) is 52.0 Å². The fraction of sp³-hybridized carbons (Fsp3) is 0.923. The van der Waals surface area contributed by atoms with Gasteiger partial charge in [0, 0.05) is 12.5 Å². The predicted molar refractivity (Wildman–Crippen MR) is 65.5 cm³/mol. The maximum atomic E-state index is 11.8. The molecule has 1 saturated carbocycles. The minimum Gasteiger partial charge on any atom is -0.375 e. The predicted octanol–water partition coefficient (Wildman–Crippen LogP) is 2.60. The van der Waals surface area contributed by atoms with Crippen molar-refractivity contribution >= 4 is 5.91 Å². The van der Waals surface area contributed by atoms with Crippen LogP contribution in [0.3, 0.4) is 0 Å². The largest absolute Gasteiger partial charge is 0.375 e. The molecule has 1 rings (SSSR count). The van der Waals surface area contributed by atoms with E-state index in [1.54, 1.807) is 0 Å². The summed E-state index contributed by atoms with van der Waals surface area (Å²) in [7, 11) is 0. The summed E-state index contributed by atoms with van der Waals surface area (Å²) in [5.41, 5.74) is 0. The number of hydrogen-bond donors (Lipinski definition) is 1. The highest BCUT2D eigenvalue weighted by Gasteiger charge is 2.25. The second-order valence-electron chi connectivity index (χ2n) is 5.25. The molecule has 0 aromatic rings. The van der Waals surface area contributed by atoms with E-state index < -0.39 is 13.0 Å². The number of halogens is 2. The van der Waals surface area contributed by atoms with Gasteiger partial charge in [-0.15, -0.1) is 0 Å². The smallest absolute Gasteiger partial charge is 0.261 e. The van der Waals surface area contributed by atoms with Crippen LogP contribution < -0.4 is 5.32 Å². The summed E-state index contributed by atoms with van der Waals surface area (Å²) < 4.78 is 28.3.